The SMILES string of the molecule is CC(C)CC(CN(C)C)NS(=O)(=O)c1ccc(C=O)o1. The van der Waals surface area contributed by atoms with Crippen LogP contribution in [0.3, 0.4) is 0 Å². The van der Waals surface area contributed by atoms with Gasteiger partial charge in [-0.05, 0) is 38.6 Å². The summed E-state index contributed by atoms with van der Waals surface area (Å²) in [6.07, 6.45) is 1.20. The second kappa shape index (κ2) is 7.01. The average Bonchev–Trinajstić information content (AvgIpc) is 2.75. The number of furan rings is 1. The summed E-state index contributed by atoms with van der Waals surface area (Å²) in [5, 5.41) is -0.230. The lowest BCUT2D eigenvalue weighted by Gasteiger charge is -2.23. The molecule has 6 nitrogen and oxygen atoms in total. The average molecular weight is 302 g/mol. The summed E-state index contributed by atoms with van der Waals surface area (Å²) >= 11 is 0. The predicted molar refractivity (Wildman–Crippen MR) is 76.2 cm³/mol. The Bertz CT molecular complexity index is 524. The second-order valence-electron chi connectivity index (χ2n) is 5.48. The smallest absolute Gasteiger partial charge is 0.274 e. The molecule has 1 N–H and O–H groups in total. The van der Waals surface area contributed by atoms with E-state index < -0.39 is 10.0 Å². The molecule has 114 valence electrons. The van der Waals surface area contributed by atoms with Crippen LogP contribution in [0.1, 0.15) is 30.8 Å². The number of carbonyl (C=O) groups excluding carboxylic acids is 1. The van der Waals surface area contributed by atoms with Gasteiger partial charge in [-0.3, -0.25) is 4.79 Å². The predicted octanol–water partition coefficient (Wildman–Crippen LogP) is 1.35. The fourth-order valence-electron chi connectivity index (χ4n) is 1.99. The van der Waals surface area contributed by atoms with Gasteiger partial charge in [-0.1, -0.05) is 13.8 Å². The van der Waals surface area contributed by atoms with E-state index in [2.05, 4.69) is 4.72 Å². The van der Waals surface area contributed by atoms with Crippen molar-refractivity contribution in [3.8, 4) is 0 Å². The minimum absolute atomic E-state index is 0.00149. The number of sulfonamides is 1. The van der Waals surface area contributed by atoms with Gasteiger partial charge in [0.2, 0.25) is 5.09 Å². The van der Waals surface area contributed by atoms with Gasteiger partial charge in [0.25, 0.3) is 10.0 Å². The number of rotatable bonds is 8. The van der Waals surface area contributed by atoms with Crippen molar-refractivity contribution >= 4 is 16.3 Å². The third-order valence-corrected chi connectivity index (χ3v) is 4.04. The molecule has 0 radical (unpaired) electrons. The van der Waals surface area contributed by atoms with Crippen molar-refractivity contribution in [2.75, 3.05) is 20.6 Å². The van der Waals surface area contributed by atoms with Crippen molar-refractivity contribution in [2.45, 2.75) is 31.4 Å². The molecule has 0 bridgehead atoms. The molecule has 0 amide bonds. The van der Waals surface area contributed by atoms with Crippen molar-refractivity contribution in [2.24, 2.45) is 5.92 Å². The van der Waals surface area contributed by atoms with E-state index in [1.807, 2.05) is 32.8 Å². The minimum atomic E-state index is -3.74. The molecule has 1 aromatic rings. The van der Waals surface area contributed by atoms with Crippen molar-refractivity contribution in [3.05, 3.63) is 17.9 Å². The Kier molecular flexibility index (Phi) is 5.91. The van der Waals surface area contributed by atoms with Gasteiger partial charge in [0.05, 0.1) is 0 Å². The minimum Gasteiger partial charge on any atom is -0.440 e. The van der Waals surface area contributed by atoms with E-state index in [1.54, 1.807) is 0 Å². The van der Waals surface area contributed by atoms with Crippen LogP contribution in [0.4, 0.5) is 0 Å². The summed E-state index contributed by atoms with van der Waals surface area (Å²) in [5.41, 5.74) is 0. The van der Waals surface area contributed by atoms with E-state index in [-0.39, 0.29) is 16.9 Å². The fourth-order valence-corrected chi connectivity index (χ4v) is 3.17. The van der Waals surface area contributed by atoms with Gasteiger partial charge in [-0.2, -0.15) is 0 Å². The van der Waals surface area contributed by atoms with Crippen LogP contribution in [-0.4, -0.2) is 46.3 Å². The molecule has 1 aromatic heterocycles. The largest absolute Gasteiger partial charge is 0.440 e. The number of nitrogens with zero attached hydrogens (tertiary/aromatic N) is 1. The van der Waals surface area contributed by atoms with Gasteiger partial charge in [0.15, 0.2) is 12.0 Å². The van der Waals surface area contributed by atoms with Crippen LogP contribution in [0, 0.1) is 5.92 Å². The number of nitrogens with one attached hydrogen (secondary N) is 1. The van der Waals surface area contributed by atoms with Gasteiger partial charge in [-0.15, -0.1) is 0 Å². The zero-order valence-corrected chi connectivity index (χ0v) is 13.1. The highest BCUT2D eigenvalue weighted by Gasteiger charge is 2.24. The molecular formula is C13H22N2O4S. The molecule has 0 saturated heterocycles. The molecule has 0 fully saturated rings. The van der Waals surface area contributed by atoms with Crippen molar-refractivity contribution in [1.29, 1.82) is 0 Å². The lowest BCUT2D eigenvalue weighted by Crippen LogP contribution is -2.42. The first kappa shape index (κ1) is 16.9. The summed E-state index contributed by atoms with van der Waals surface area (Å²) in [4.78, 5) is 12.5. The van der Waals surface area contributed by atoms with E-state index >= 15 is 0 Å². The van der Waals surface area contributed by atoms with Crippen molar-refractivity contribution in [1.82, 2.24) is 9.62 Å². The van der Waals surface area contributed by atoms with Crippen LogP contribution >= 0.6 is 0 Å². The standard InChI is InChI=1S/C13H22N2O4S/c1-10(2)7-11(8-15(3)4)14-20(17,18)13-6-5-12(9-16)19-13/h5-6,9-11,14H,7-8H2,1-4H3. The topological polar surface area (TPSA) is 79.6 Å². The molecule has 20 heavy (non-hydrogen) atoms. The molecule has 0 aliphatic heterocycles. The van der Waals surface area contributed by atoms with Crippen molar-refractivity contribution in [3.63, 3.8) is 0 Å². The van der Waals surface area contributed by atoms with Gasteiger partial charge in [0.1, 0.15) is 0 Å². The van der Waals surface area contributed by atoms with E-state index in [0.29, 0.717) is 18.7 Å². The Hall–Kier alpha value is -1.18. The first-order valence-corrected chi connectivity index (χ1v) is 7.95. The molecule has 0 saturated carbocycles. The van der Waals surface area contributed by atoms with Crippen LogP contribution in [0.25, 0.3) is 0 Å². The van der Waals surface area contributed by atoms with E-state index in [1.165, 1.54) is 12.1 Å². The molecule has 0 aliphatic rings. The van der Waals surface area contributed by atoms with Crippen LogP contribution < -0.4 is 4.72 Å². The summed E-state index contributed by atoms with van der Waals surface area (Å²) in [7, 11) is 0.0336. The number of carbonyl (C=O) groups is 1. The monoisotopic (exact) mass is 302 g/mol. The van der Waals surface area contributed by atoms with Crippen LogP contribution in [-0.2, 0) is 10.0 Å². The normalized spacial score (nSPS) is 13.9. The van der Waals surface area contributed by atoms with E-state index in [4.69, 9.17) is 4.42 Å². The number of likely N-dealkylation sites (N-methyl/N-ethyl adjacent to an activating group) is 1. The molecule has 0 spiro atoms. The van der Waals surface area contributed by atoms with Gasteiger partial charge < -0.3 is 9.32 Å². The highest BCUT2D eigenvalue weighted by molar-refractivity contribution is 7.89. The summed E-state index contributed by atoms with van der Waals surface area (Å²) in [5.74, 6) is 0.364. The molecular weight excluding hydrogens is 280 g/mol. The first-order chi connectivity index (χ1) is 9.24. The molecule has 1 unspecified atom stereocenters. The lowest BCUT2D eigenvalue weighted by molar-refractivity contribution is 0.109. The number of hydrogen-bond donors (Lipinski definition) is 1. The first-order valence-electron chi connectivity index (χ1n) is 6.46. The Labute approximate surface area is 120 Å². The zero-order valence-electron chi connectivity index (χ0n) is 12.3. The van der Waals surface area contributed by atoms with Crippen LogP contribution in [0.2, 0.25) is 0 Å². The van der Waals surface area contributed by atoms with Crippen LogP contribution in [0.5, 0.6) is 0 Å². The maximum atomic E-state index is 12.2. The van der Waals surface area contributed by atoms with Gasteiger partial charge in [-0.25, -0.2) is 13.1 Å². The molecule has 7 heteroatoms. The molecule has 1 atom stereocenters. The second-order valence-corrected chi connectivity index (χ2v) is 7.13. The Morgan fingerprint density at radius 1 is 1.35 bits per heavy atom. The van der Waals surface area contributed by atoms with Gasteiger partial charge >= 0.3 is 0 Å². The molecule has 0 aromatic carbocycles. The Morgan fingerprint density at radius 3 is 2.45 bits per heavy atom. The highest BCUT2D eigenvalue weighted by Crippen LogP contribution is 2.15. The van der Waals surface area contributed by atoms with Gasteiger partial charge in [0, 0.05) is 12.6 Å². The number of aldehydes is 1. The van der Waals surface area contributed by atoms with Crippen molar-refractivity contribution < 1.29 is 17.6 Å². The zero-order chi connectivity index (χ0) is 15.3. The summed E-state index contributed by atoms with van der Waals surface area (Å²) in [6, 6.07) is 2.42. The third kappa shape index (κ3) is 5.07. The van der Waals surface area contributed by atoms with E-state index in [0.717, 1.165) is 6.42 Å². The maximum Gasteiger partial charge on any atom is 0.274 e. The molecule has 1 heterocycles. The third-order valence-electron chi connectivity index (χ3n) is 2.65. The molecule has 0 aliphatic carbocycles. The lowest BCUT2D eigenvalue weighted by atomic mass is 10.0. The number of hydrogen-bond acceptors (Lipinski definition) is 5. The fraction of sp³-hybridized carbons (Fsp3) is 0.615. The maximum absolute atomic E-state index is 12.2. The Morgan fingerprint density at radius 2 is 2.00 bits per heavy atom. The summed E-state index contributed by atoms with van der Waals surface area (Å²) in [6.45, 7) is 4.67. The Balaban J connectivity index is 2.86. The summed E-state index contributed by atoms with van der Waals surface area (Å²) < 4.78 is 32.0. The van der Waals surface area contributed by atoms with Crippen LogP contribution in [0.15, 0.2) is 21.6 Å². The highest BCUT2D eigenvalue weighted by atomic mass is 32.2. The quantitative estimate of drug-likeness (QED) is 0.733. The molecule has 1 rings (SSSR count). The van der Waals surface area contributed by atoms with E-state index in [9.17, 15) is 13.2 Å².